The second-order valence-corrected chi connectivity index (χ2v) is 5.76. The van der Waals surface area contributed by atoms with Crippen LogP contribution in [0.1, 0.15) is 10.4 Å². The topological polar surface area (TPSA) is 93.3 Å². The van der Waals surface area contributed by atoms with Crippen molar-refractivity contribution in [3.8, 4) is 0 Å². The maximum atomic E-state index is 13.3. The van der Waals surface area contributed by atoms with Crippen molar-refractivity contribution in [1.29, 1.82) is 0 Å². The molecule has 0 bridgehead atoms. The normalized spacial score (nSPS) is 10.4. The Kier molecular flexibility index (Phi) is 4.53. The molecule has 6 nitrogen and oxygen atoms in total. The minimum Gasteiger partial charge on any atom is -0.478 e. The highest BCUT2D eigenvalue weighted by atomic mass is 79.9. The molecule has 9 heteroatoms. The van der Waals surface area contributed by atoms with Gasteiger partial charge in [0.15, 0.2) is 5.03 Å². The predicted octanol–water partition coefficient (Wildman–Crippen LogP) is 3.74. The average Bonchev–Trinajstić information content (AvgIpc) is 2.42. The number of hydrogen-bond acceptors (Lipinski definition) is 5. The van der Waals surface area contributed by atoms with E-state index in [1.165, 1.54) is 18.3 Å². The van der Waals surface area contributed by atoms with Gasteiger partial charge in [-0.3, -0.25) is 10.1 Å². The average molecular weight is 373 g/mol. The summed E-state index contributed by atoms with van der Waals surface area (Å²) in [5.74, 6) is -2.28. The molecular weight excluding hydrogens is 367 g/mol. The third-order valence-corrected chi connectivity index (χ3v) is 3.81. The van der Waals surface area contributed by atoms with Crippen LogP contribution in [0.3, 0.4) is 0 Å². The maximum absolute atomic E-state index is 13.3. The number of hydrogen-bond donors (Lipinski definition) is 1. The number of benzene rings is 1. The fourth-order valence-corrected chi connectivity index (χ4v) is 2.67. The first-order chi connectivity index (χ1) is 9.88. The smallest absolute Gasteiger partial charge is 0.338 e. The lowest BCUT2D eigenvalue weighted by Crippen LogP contribution is -2.00. The molecule has 1 N–H and O–H groups in total. The van der Waals surface area contributed by atoms with Gasteiger partial charge in [0.05, 0.1) is 10.5 Å². The van der Waals surface area contributed by atoms with E-state index in [2.05, 4.69) is 20.9 Å². The lowest BCUT2D eigenvalue weighted by Gasteiger charge is -2.04. The number of pyridine rings is 1. The maximum Gasteiger partial charge on any atom is 0.338 e. The largest absolute Gasteiger partial charge is 0.478 e. The summed E-state index contributed by atoms with van der Waals surface area (Å²) in [7, 11) is 0. The molecule has 0 aliphatic rings. The quantitative estimate of drug-likeness (QED) is 0.648. The lowest BCUT2D eigenvalue weighted by molar-refractivity contribution is -0.388. The lowest BCUT2D eigenvalue weighted by atomic mass is 10.2. The summed E-state index contributed by atoms with van der Waals surface area (Å²) in [6, 6.07) is 4.73. The molecule has 0 aliphatic heterocycles. The summed E-state index contributed by atoms with van der Waals surface area (Å²) < 4.78 is 13.7. The van der Waals surface area contributed by atoms with Crippen LogP contribution < -0.4 is 0 Å². The molecule has 108 valence electrons. The third kappa shape index (κ3) is 3.56. The fraction of sp³-hybridized carbons (Fsp3) is 0. The fourth-order valence-electron chi connectivity index (χ4n) is 1.47. The van der Waals surface area contributed by atoms with Gasteiger partial charge in [-0.05, 0) is 34.1 Å². The van der Waals surface area contributed by atoms with Gasteiger partial charge in [-0.1, -0.05) is 11.8 Å². The number of carboxylic acids is 1. The predicted molar refractivity (Wildman–Crippen MR) is 76.1 cm³/mol. The van der Waals surface area contributed by atoms with Crippen LogP contribution in [0.4, 0.5) is 10.1 Å². The van der Waals surface area contributed by atoms with Crippen molar-refractivity contribution in [2.45, 2.75) is 9.92 Å². The van der Waals surface area contributed by atoms with Crippen LogP contribution >= 0.6 is 27.7 Å². The van der Waals surface area contributed by atoms with E-state index in [0.717, 1.165) is 23.9 Å². The number of carboxylic acid groups (broad SMARTS) is 1. The van der Waals surface area contributed by atoms with Crippen molar-refractivity contribution in [3.05, 3.63) is 56.4 Å². The Labute approximate surface area is 130 Å². The zero-order chi connectivity index (χ0) is 15.6. The first-order valence-corrected chi connectivity index (χ1v) is 7.00. The molecule has 1 aromatic carbocycles. The molecule has 0 amide bonds. The summed E-state index contributed by atoms with van der Waals surface area (Å²) >= 11 is 3.97. The van der Waals surface area contributed by atoms with Crippen molar-refractivity contribution in [3.63, 3.8) is 0 Å². The zero-order valence-electron chi connectivity index (χ0n) is 10.1. The van der Waals surface area contributed by atoms with E-state index in [4.69, 9.17) is 5.11 Å². The highest BCUT2D eigenvalue weighted by Gasteiger charge is 2.18. The van der Waals surface area contributed by atoms with Gasteiger partial charge in [-0.25, -0.2) is 14.2 Å². The van der Waals surface area contributed by atoms with Crippen LogP contribution in [-0.2, 0) is 0 Å². The van der Waals surface area contributed by atoms with E-state index < -0.39 is 22.3 Å². The zero-order valence-corrected chi connectivity index (χ0v) is 12.5. The van der Waals surface area contributed by atoms with Crippen molar-refractivity contribution in [2.24, 2.45) is 0 Å². The van der Waals surface area contributed by atoms with E-state index >= 15 is 0 Å². The van der Waals surface area contributed by atoms with Crippen molar-refractivity contribution in [1.82, 2.24) is 4.98 Å². The van der Waals surface area contributed by atoms with E-state index in [9.17, 15) is 19.3 Å². The first-order valence-electron chi connectivity index (χ1n) is 5.39. The summed E-state index contributed by atoms with van der Waals surface area (Å²) in [6.07, 6.45) is 1.39. The number of aromatic carboxylic acids is 1. The number of aromatic nitrogens is 1. The van der Waals surface area contributed by atoms with Crippen molar-refractivity contribution >= 4 is 39.3 Å². The standard InChI is InChI=1S/C12H6BrFN2O4S/c13-6-3-10(16(19)20)11(15-5-6)21-7-1-2-9(14)8(4-7)12(17)18/h1-5H,(H,17,18). The third-order valence-electron chi connectivity index (χ3n) is 2.38. The number of rotatable bonds is 4. The molecule has 0 spiro atoms. The van der Waals surface area contributed by atoms with Gasteiger partial charge in [-0.15, -0.1) is 0 Å². The molecule has 0 fully saturated rings. The van der Waals surface area contributed by atoms with Gasteiger partial charge in [0, 0.05) is 21.6 Å². The van der Waals surface area contributed by atoms with Crippen LogP contribution in [0.15, 0.2) is 44.9 Å². The van der Waals surface area contributed by atoms with Crippen LogP contribution in [-0.4, -0.2) is 21.0 Å². The van der Waals surface area contributed by atoms with E-state index in [1.54, 1.807) is 0 Å². The van der Waals surface area contributed by atoms with E-state index in [0.29, 0.717) is 9.37 Å². The van der Waals surface area contributed by atoms with Gasteiger partial charge < -0.3 is 5.11 Å². The molecule has 0 aliphatic carbocycles. The van der Waals surface area contributed by atoms with Gasteiger partial charge >= 0.3 is 11.7 Å². The Bertz CT molecular complexity index is 741. The molecule has 0 unspecified atom stereocenters. The van der Waals surface area contributed by atoms with Gasteiger partial charge in [0.25, 0.3) is 0 Å². The Balaban J connectivity index is 2.41. The Morgan fingerprint density at radius 1 is 1.43 bits per heavy atom. The monoisotopic (exact) mass is 372 g/mol. The molecular formula is C12H6BrFN2O4S. The van der Waals surface area contributed by atoms with E-state index in [-0.39, 0.29) is 10.7 Å². The SMILES string of the molecule is O=C(O)c1cc(Sc2ncc(Br)cc2[N+](=O)[O-])ccc1F. The molecule has 0 radical (unpaired) electrons. The molecule has 0 saturated carbocycles. The second kappa shape index (κ2) is 6.19. The molecule has 21 heavy (non-hydrogen) atoms. The molecule has 0 saturated heterocycles. The second-order valence-electron chi connectivity index (χ2n) is 3.78. The van der Waals surface area contributed by atoms with Crippen LogP contribution in [0.25, 0.3) is 0 Å². The first kappa shape index (κ1) is 15.4. The van der Waals surface area contributed by atoms with Crippen molar-refractivity contribution < 1.29 is 19.2 Å². The number of nitro groups is 1. The van der Waals surface area contributed by atoms with E-state index in [1.807, 2.05) is 0 Å². The summed E-state index contributed by atoms with van der Waals surface area (Å²) in [4.78, 5) is 25.5. The summed E-state index contributed by atoms with van der Waals surface area (Å²) in [5.41, 5.74) is -0.727. The molecule has 1 heterocycles. The Morgan fingerprint density at radius 2 is 2.14 bits per heavy atom. The Hall–Kier alpha value is -2.00. The van der Waals surface area contributed by atoms with Crippen LogP contribution in [0.2, 0.25) is 0 Å². The minimum absolute atomic E-state index is 0.0890. The molecule has 2 rings (SSSR count). The highest BCUT2D eigenvalue weighted by Crippen LogP contribution is 2.35. The molecule has 1 aromatic heterocycles. The van der Waals surface area contributed by atoms with Crippen molar-refractivity contribution in [2.75, 3.05) is 0 Å². The summed E-state index contributed by atoms with van der Waals surface area (Å²) in [5, 5.41) is 19.9. The number of halogens is 2. The summed E-state index contributed by atoms with van der Waals surface area (Å²) in [6.45, 7) is 0. The van der Waals surface area contributed by atoms with Gasteiger partial charge in [0.1, 0.15) is 5.82 Å². The molecule has 2 aromatic rings. The van der Waals surface area contributed by atoms with Gasteiger partial charge in [0.2, 0.25) is 0 Å². The number of nitrogens with zero attached hydrogens (tertiary/aromatic N) is 2. The van der Waals surface area contributed by atoms with Crippen LogP contribution in [0, 0.1) is 15.9 Å². The number of carbonyl (C=O) groups is 1. The van der Waals surface area contributed by atoms with Crippen LogP contribution in [0.5, 0.6) is 0 Å². The Morgan fingerprint density at radius 3 is 2.76 bits per heavy atom. The highest BCUT2D eigenvalue weighted by molar-refractivity contribution is 9.10. The van der Waals surface area contributed by atoms with Gasteiger partial charge in [-0.2, -0.15) is 0 Å². The minimum atomic E-state index is -1.41. The molecule has 0 atom stereocenters.